The lowest BCUT2D eigenvalue weighted by atomic mass is 9.69. The molecule has 1 nitrogen and oxygen atoms in total. The third kappa shape index (κ3) is 6.07. The normalized spacial score (nSPS) is 20.3. The maximum absolute atomic E-state index is 2.62. The molecule has 0 amide bonds. The van der Waals surface area contributed by atoms with Crippen molar-refractivity contribution in [3.63, 3.8) is 0 Å². The number of nitrogens with zero attached hydrogens (tertiary/aromatic N) is 1. The molecule has 8 aromatic rings. The molecule has 5 aliphatic rings. The third-order valence-corrected chi connectivity index (χ3v) is 15.2. The van der Waals surface area contributed by atoms with E-state index in [4.69, 9.17) is 0 Å². The van der Waals surface area contributed by atoms with Crippen molar-refractivity contribution >= 4 is 28.6 Å². The minimum absolute atomic E-state index is 0.106. The highest BCUT2D eigenvalue weighted by atomic mass is 15.2. The number of para-hydroxylation sites is 1. The van der Waals surface area contributed by atoms with Crippen LogP contribution in [0.2, 0.25) is 0 Å². The smallest absolute Gasteiger partial charge is 0.0723 e. The molecule has 0 fully saturated rings. The Balaban J connectivity index is 0.857. The van der Waals surface area contributed by atoms with Crippen molar-refractivity contribution in [1.29, 1.82) is 0 Å². The van der Waals surface area contributed by atoms with Crippen molar-refractivity contribution in [2.75, 3.05) is 4.90 Å². The summed E-state index contributed by atoms with van der Waals surface area (Å²) in [5, 5.41) is 0. The SMILES string of the molecule is C1=CC(c2ccccc2)CC=C1c1ccc(C2c3ccccc3C=CC2c2ccc(N(c3ccccc3)C3C=C4C(=CC3)c3ccccc3C43c4ccccc4-c4ccccc43)cc2)cc1. The molecule has 0 bridgehead atoms. The predicted octanol–water partition coefficient (Wildman–Crippen LogP) is 16.0. The molecule has 0 heterocycles. The van der Waals surface area contributed by atoms with E-state index in [-0.39, 0.29) is 23.3 Å². The summed E-state index contributed by atoms with van der Waals surface area (Å²) >= 11 is 0. The minimum atomic E-state index is -0.368. The molecule has 0 N–H and O–H groups in total. The van der Waals surface area contributed by atoms with Crippen LogP contribution in [0.4, 0.5) is 11.4 Å². The highest BCUT2D eigenvalue weighted by molar-refractivity contribution is 6.00. The maximum Gasteiger partial charge on any atom is 0.0723 e. The number of rotatable bonds is 7. The van der Waals surface area contributed by atoms with E-state index in [1.165, 1.54) is 94.9 Å². The Morgan fingerprint density at radius 1 is 0.439 bits per heavy atom. The van der Waals surface area contributed by atoms with Gasteiger partial charge in [0, 0.05) is 29.1 Å². The van der Waals surface area contributed by atoms with E-state index in [0.717, 1.165) is 12.8 Å². The fourth-order valence-electron chi connectivity index (χ4n) is 12.3. The fourth-order valence-corrected chi connectivity index (χ4v) is 12.3. The standard InChI is InChI=1S/C65H49N/c1-3-15-44(16-4-1)45-27-29-46(30-28-45)47-31-33-50(34-32-47)64-54-20-8-7-17-48(54)37-41-55(64)49-35-38-52(39-36-49)66(51-18-5-2-6-19-51)53-40-42-59-58-23-11-14-26-62(58)65(63(59)43-53)60-24-12-9-21-56(60)57-22-10-13-25-61(57)65/h1-27,29-39,41-43,45,53,55,64H,28,40H2. The van der Waals surface area contributed by atoms with Gasteiger partial charge in [0.05, 0.1) is 11.5 Å². The zero-order valence-electron chi connectivity index (χ0n) is 36.8. The van der Waals surface area contributed by atoms with Crippen LogP contribution in [-0.4, -0.2) is 6.04 Å². The van der Waals surface area contributed by atoms with E-state index in [9.17, 15) is 0 Å². The molecule has 13 rings (SSSR count). The summed E-state index contributed by atoms with van der Waals surface area (Å²) in [5.41, 5.74) is 22.3. The fraction of sp³-hybridized carbons (Fsp3) is 0.108. The molecule has 8 aromatic carbocycles. The molecule has 314 valence electrons. The first-order valence-electron chi connectivity index (χ1n) is 23.7. The summed E-state index contributed by atoms with van der Waals surface area (Å²) in [5.74, 6) is 0.812. The lowest BCUT2D eigenvalue weighted by molar-refractivity contribution is 0.706. The summed E-state index contributed by atoms with van der Waals surface area (Å²) in [6.45, 7) is 0. The molecular weight excluding hydrogens is 795 g/mol. The van der Waals surface area contributed by atoms with Crippen molar-refractivity contribution in [3.8, 4) is 11.1 Å². The van der Waals surface area contributed by atoms with Crippen LogP contribution in [0.25, 0.3) is 28.3 Å². The average Bonchev–Trinajstić information content (AvgIpc) is 3.86. The van der Waals surface area contributed by atoms with Crippen LogP contribution < -0.4 is 4.90 Å². The molecule has 1 spiro atoms. The van der Waals surface area contributed by atoms with Gasteiger partial charge in [-0.1, -0.05) is 225 Å². The van der Waals surface area contributed by atoms with Crippen LogP contribution in [0.3, 0.4) is 0 Å². The summed E-state index contributed by atoms with van der Waals surface area (Å²) in [6, 6.07) is 77.3. The lowest BCUT2D eigenvalue weighted by Gasteiger charge is -2.37. The Morgan fingerprint density at radius 3 is 1.73 bits per heavy atom. The second-order valence-electron chi connectivity index (χ2n) is 18.6. The van der Waals surface area contributed by atoms with Gasteiger partial charge in [-0.3, -0.25) is 0 Å². The largest absolute Gasteiger partial charge is 0.334 e. The number of fused-ring (bicyclic) bond motifs is 11. The Bertz CT molecular complexity index is 3260. The van der Waals surface area contributed by atoms with Gasteiger partial charge in [0.15, 0.2) is 0 Å². The Labute approximate surface area is 388 Å². The topological polar surface area (TPSA) is 3.24 Å². The second-order valence-corrected chi connectivity index (χ2v) is 18.6. The first-order valence-corrected chi connectivity index (χ1v) is 23.7. The molecule has 66 heavy (non-hydrogen) atoms. The van der Waals surface area contributed by atoms with E-state index in [1.54, 1.807) is 0 Å². The van der Waals surface area contributed by atoms with Crippen molar-refractivity contribution in [2.45, 2.75) is 42.1 Å². The summed E-state index contributed by atoms with van der Waals surface area (Å²) < 4.78 is 0. The average molecular weight is 844 g/mol. The van der Waals surface area contributed by atoms with Gasteiger partial charge >= 0.3 is 0 Å². The van der Waals surface area contributed by atoms with Crippen molar-refractivity contribution in [1.82, 2.24) is 0 Å². The zero-order valence-corrected chi connectivity index (χ0v) is 36.8. The van der Waals surface area contributed by atoms with Crippen molar-refractivity contribution < 1.29 is 0 Å². The number of anilines is 2. The molecule has 0 aliphatic heterocycles. The van der Waals surface area contributed by atoms with Crippen LogP contribution in [0.15, 0.2) is 248 Å². The van der Waals surface area contributed by atoms with Gasteiger partial charge in [-0.25, -0.2) is 0 Å². The minimum Gasteiger partial charge on any atom is -0.334 e. The van der Waals surface area contributed by atoms with Gasteiger partial charge in [0.1, 0.15) is 0 Å². The van der Waals surface area contributed by atoms with Gasteiger partial charge in [-0.15, -0.1) is 0 Å². The molecule has 0 aromatic heterocycles. The number of hydrogen-bond donors (Lipinski definition) is 0. The van der Waals surface area contributed by atoms with E-state index in [0.29, 0.717) is 5.92 Å². The maximum atomic E-state index is 2.62. The van der Waals surface area contributed by atoms with E-state index < -0.39 is 0 Å². The molecule has 0 saturated heterocycles. The van der Waals surface area contributed by atoms with Gasteiger partial charge in [0.25, 0.3) is 0 Å². The highest BCUT2D eigenvalue weighted by Gasteiger charge is 2.54. The van der Waals surface area contributed by atoms with E-state index >= 15 is 0 Å². The molecule has 4 unspecified atom stereocenters. The third-order valence-electron chi connectivity index (χ3n) is 15.2. The summed E-state index contributed by atoms with van der Waals surface area (Å²) in [7, 11) is 0. The van der Waals surface area contributed by atoms with Crippen LogP contribution in [-0.2, 0) is 5.41 Å². The van der Waals surface area contributed by atoms with Crippen LogP contribution in [0.1, 0.15) is 86.2 Å². The summed E-state index contributed by atoms with van der Waals surface area (Å²) in [4.78, 5) is 2.58. The van der Waals surface area contributed by atoms with Crippen molar-refractivity contribution in [3.05, 3.63) is 304 Å². The Kier molecular flexibility index (Phi) is 9.24. The molecule has 0 saturated carbocycles. The van der Waals surface area contributed by atoms with Crippen molar-refractivity contribution in [2.24, 2.45) is 0 Å². The van der Waals surface area contributed by atoms with Crippen LogP contribution in [0, 0.1) is 0 Å². The molecule has 1 heteroatoms. The van der Waals surface area contributed by atoms with E-state index in [1.807, 2.05) is 0 Å². The highest BCUT2D eigenvalue weighted by Crippen LogP contribution is 2.64. The Hall–Kier alpha value is -7.74. The number of benzene rings is 8. The molecular formula is C65H49N. The summed E-state index contributed by atoms with van der Waals surface area (Å²) in [6.07, 6.45) is 18.9. The quantitative estimate of drug-likeness (QED) is 0.154. The van der Waals surface area contributed by atoms with Gasteiger partial charge in [-0.2, -0.15) is 0 Å². The zero-order chi connectivity index (χ0) is 43.6. The first kappa shape index (κ1) is 38.7. The van der Waals surface area contributed by atoms with Gasteiger partial charge in [-0.05, 0) is 121 Å². The van der Waals surface area contributed by atoms with Crippen LogP contribution >= 0.6 is 0 Å². The molecule has 4 atom stereocenters. The number of hydrogen-bond acceptors (Lipinski definition) is 1. The first-order chi connectivity index (χ1) is 32.7. The monoisotopic (exact) mass is 843 g/mol. The van der Waals surface area contributed by atoms with Gasteiger partial charge in [0.2, 0.25) is 0 Å². The lowest BCUT2D eigenvalue weighted by Crippen LogP contribution is -2.34. The van der Waals surface area contributed by atoms with Crippen LogP contribution in [0.5, 0.6) is 0 Å². The Morgan fingerprint density at radius 2 is 1.03 bits per heavy atom. The van der Waals surface area contributed by atoms with E-state index in [2.05, 4.69) is 254 Å². The van der Waals surface area contributed by atoms with Gasteiger partial charge < -0.3 is 4.90 Å². The molecule has 0 radical (unpaired) electrons. The number of allylic oxidation sites excluding steroid dienone is 7. The second kappa shape index (κ2) is 15.8. The predicted molar refractivity (Wildman–Crippen MR) is 275 cm³/mol. The molecule has 5 aliphatic carbocycles.